The van der Waals surface area contributed by atoms with Crippen LogP contribution < -0.4 is 5.32 Å². The van der Waals surface area contributed by atoms with Gasteiger partial charge in [0, 0.05) is 30.6 Å². The number of rotatable bonds is 5. The van der Waals surface area contributed by atoms with Gasteiger partial charge in [0.2, 0.25) is 5.91 Å². The third-order valence-electron chi connectivity index (χ3n) is 5.30. The number of anilines is 1. The summed E-state index contributed by atoms with van der Waals surface area (Å²) in [5.74, 6) is 0.00213. The molecule has 0 spiro atoms. The minimum atomic E-state index is -0.369. The van der Waals surface area contributed by atoms with Crippen molar-refractivity contribution in [2.24, 2.45) is 0 Å². The predicted molar refractivity (Wildman–Crippen MR) is 120 cm³/mol. The van der Waals surface area contributed by atoms with Crippen LogP contribution in [0.3, 0.4) is 0 Å². The fraction of sp³-hybridized carbons (Fsp3) is 0.292. The van der Waals surface area contributed by atoms with E-state index in [0.29, 0.717) is 22.8 Å². The highest BCUT2D eigenvalue weighted by Crippen LogP contribution is 2.26. The normalized spacial score (nSPS) is 13.4. The number of fused-ring (bicyclic) bond motifs is 1. The molecule has 164 valence electrons. The van der Waals surface area contributed by atoms with Crippen LogP contribution in [-0.2, 0) is 10.2 Å². The summed E-state index contributed by atoms with van der Waals surface area (Å²) >= 11 is 0. The van der Waals surface area contributed by atoms with E-state index in [1.165, 1.54) is 0 Å². The maximum atomic E-state index is 12.7. The Balaban J connectivity index is 1.50. The molecule has 1 N–H and O–H groups in total. The molecule has 1 aromatic carbocycles. The highest BCUT2D eigenvalue weighted by atomic mass is 16.2. The van der Waals surface area contributed by atoms with Crippen molar-refractivity contribution in [3.8, 4) is 5.82 Å². The molecule has 3 heterocycles. The standard InChI is InChI=1S/C24H25N5O3/c1-15-8-9-16-17(13-15)23(32)28(22(16)31)12-10-21(30)26-20-14-18(24(2,3)4)27-29(20)19-7-5-6-11-25-19/h5-9,11,13-14H,10,12H2,1-4H3,(H,26,30). The molecule has 8 nitrogen and oxygen atoms in total. The molecule has 4 rings (SSSR count). The quantitative estimate of drug-likeness (QED) is 0.624. The SMILES string of the molecule is Cc1ccc2c(c1)C(=O)N(CCC(=O)Nc1cc(C(C)(C)C)nn1-c1ccccn1)C2=O. The van der Waals surface area contributed by atoms with Crippen LogP contribution in [0.1, 0.15) is 59.2 Å². The summed E-state index contributed by atoms with van der Waals surface area (Å²) in [7, 11) is 0. The third-order valence-corrected chi connectivity index (χ3v) is 5.30. The molecule has 1 aliphatic rings. The average Bonchev–Trinajstić information content (AvgIpc) is 3.27. The van der Waals surface area contributed by atoms with Crippen LogP contribution in [0.5, 0.6) is 0 Å². The predicted octanol–water partition coefficient (Wildman–Crippen LogP) is 3.50. The summed E-state index contributed by atoms with van der Waals surface area (Å²) in [5.41, 5.74) is 2.25. The van der Waals surface area contributed by atoms with Gasteiger partial charge in [-0.15, -0.1) is 0 Å². The van der Waals surface area contributed by atoms with Gasteiger partial charge in [-0.1, -0.05) is 38.5 Å². The second-order valence-electron chi connectivity index (χ2n) is 8.87. The minimum absolute atomic E-state index is 0.00107. The van der Waals surface area contributed by atoms with E-state index in [0.717, 1.165) is 16.2 Å². The number of hydrogen-bond donors (Lipinski definition) is 1. The van der Waals surface area contributed by atoms with E-state index < -0.39 is 0 Å². The van der Waals surface area contributed by atoms with Crippen molar-refractivity contribution in [1.29, 1.82) is 0 Å². The van der Waals surface area contributed by atoms with Gasteiger partial charge in [0.05, 0.1) is 16.8 Å². The summed E-state index contributed by atoms with van der Waals surface area (Å²) < 4.78 is 1.59. The number of amides is 3. The first-order valence-electron chi connectivity index (χ1n) is 10.4. The van der Waals surface area contributed by atoms with Crippen molar-refractivity contribution < 1.29 is 14.4 Å². The van der Waals surface area contributed by atoms with Gasteiger partial charge >= 0.3 is 0 Å². The van der Waals surface area contributed by atoms with Crippen LogP contribution in [0.15, 0.2) is 48.7 Å². The number of pyridine rings is 1. The number of carbonyl (C=O) groups excluding carboxylic acids is 3. The second-order valence-corrected chi connectivity index (χ2v) is 8.87. The fourth-order valence-corrected chi connectivity index (χ4v) is 3.52. The zero-order valence-corrected chi connectivity index (χ0v) is 18.5. The van der Waals surface area contributed by atoms with E-state index in [1.807, 2.05) is 39.8 Å². The smallest absolute Gasteiger partial charge is 0.261 e. The Morgan fingerprint density at radius 2 is 1.78 bits per heavy atom. The average molecular weight is 431 g/mol. The van der Waals surface area contributed by atoms with E-state index in [9.17, 15) is 14.4 Å². The molecule has 0 saturated carbocycles. The van der Waals surface area contributed by atoms with Crippen LogP contribution in [0.2, 0.25) is 0 Å². The molecule has 2 aromatic heterocycles. The van der Waals surface area contributed by atoms with Crippen LogP contribution in [0.4, 0.5) is 5.82 Å². The van der Waals surface area contributed by atoms with Crippen LogP contribution in [0.25, 0.3) is 5.82 Å². The number of hydrogen-bond acceptors (Lipinski definition) is 5. The molecule has 0 unspecified atom stereocenters. The molecule has 1 aliphatic heterocycles. The number of carbonyl (C=O) groups is 3. The Bertz CT molecular complexity index is 1210. The third kappa shape index (κ3) is 4.03. The maximum Gasteiger partial charge on any atom is 0.261 e. The number of benzene rings is 1. The number of imide groups is 1. The molecule has 8 heteroatoms. The number of aryl methyl sites for hydroxylation is 1. The molecule has 0 atom stereocenters. The summed E-state index contributed by atoms with van der Waals surface area (Å²) in [5, 5.41) is 7.48. The molecular weight excluding hydrogens is 406 g/mol. The van der Waals surface area contributed by atoms with Gasteiger partial charge in [-0.25, -0.2) is 4.98 Å². The van der Waals surface area contributed by atoms with E-state index in [4.69, 9.17) is 0 Å². The first kappa shape index (κ1) is 21.4. The highest BCUT2D eigenvalue weighted by molar-refractivity contribution is 6.21. The van der Waals surface area contributed by atoms with Crippen LogP contribution >= 0.6 is 0 Å². The molecule has 0 aliphatic carbocycles. The Hall–Kier alpha value is -3.81. The Morgan fingerprint density at radius 3 is 2.47 bits per heavy atom. The van der Waals surface area contributed by atoms with Gasteiger partial charge in [-0.2, -0.15) is 9.78 Å². The number of aromatic nitrogens is 3. The maximum absolute atomic E-state index is 12.7. The van der Waals surface area contributed by atoms with Crippen LogP contribution in [-0.4, -0.2) is 43.9 Å². The van der Waals surface area contributed by atoms with Crippen LogP contribution in [0, 0.1) is 6.92 Å². The lowest BCUT2D eigenvalue weighted by Crippen LogP contribution is -2.33. The van der Waals surface area contributed by atoms with E-state index in [2.05, 4.69) is 15.4 Å². The summed E-state index contributed by atoms with van der Waals surface area (Å²) in [6.45, 7) is 7.97. The van der Waals surface area contributed by atoms with Crippen molar-refractivity contribution in [1.82, 2.24) is 19.7 Å². The van der Waals surface area contributed by atoms with E-state index in [1.54, 1.807) is 41.2 Å². The first-order valence-corrected chi connectivity index (χ1v) is 10.4. The lowest BCUT2D eigenvalue weighted by molar-refractivity contribution is -0.116. The van der Waals surface area contributed by atoms with Gasteiger partial charge in [-0.3, -0.25) is 19.3 Å². The lowest BCUT2D eigenvalue weighted by Gasteiger charge is -2.14. The van der Waals surface area contributed by atoms with Crippen molar-refractivity contribution in [2.75, 3.05) is 11.9 Å². The minimum Gasteiger partial charge on any atom is -0.310 e. The highest BCUT2D eigenvalue weighted by Gasteiger charge is 2.35. The van der Waals surface area contributed by atoms with Gasteiger partial charge in [-0.05, 0) is 31.2 Å². The molecule has 3 amide bonds. The lowest BCUT2D eigenvalue weighted by atomic mass is 9.92. The van der Waals surface area contributed by atoms with Gasteiger partial charge in [0.15, 0.2) is 5.82 Å². The van der Waals surface area contributed by atoms with Crippen molar-refractivity contribution in [3.05, 3.63) is 71.0 Å². The molecule has 32 heavy (non-hydrogen) atoms. The summed E-state index contributed by atoms with van der Waals surface area (Å²) in [4.78, 5) is 43.4. The first-order chi connectivity index (χ1) is 15.1. The van der Waals surface area contributed by atoms with Crippen molar-refractivity contribution >= 4 is 23.5 Å². The molecule has 0 saturated heterocycles. The Kier molecular flexibility index (Phi) is 5.38. The molecule has 0 fully saturated rings. The second kappa shape index (κ2) is 8.03. The topological polar surface area (TPSA) is 97.2 Å². The van der Waals surface area contributed by atoms with E-state index in [-0.39, 0.29) is 36.1 Å². The summed E-state index contributed by atoms with van der Waals surface area (Å²) in [6, 6.07) is 12.4. The summed E-state index contributed by atoms with van der Waals surface area (Å²) in [6.07, 6.45) is 1.63. The molecule has 3 aromatic rings. The van der Waals surface area contributed by atoms with Crippen molar-refractivity contribution in [2.45, 2.75) is 39.5 Å². The zero-order chi connectivity index (χ0) is 23.0. The van der Waals surface area contributed by atoms with Crippen molar-refractivity contribution in [3.63, 3.8) is 0 Å². The fourth-order valence-electron chi connectivity index (χ4n) is 3.52. The van der Waals surface area contributed by atoms with E-state index >= 15 is 0 Å². The largest absolute Gasteiger partial charge is 0.310 e. The zero-order valence-electron chi connectivity index (χ0n) is 18.5. The monoisotopic (exact) mass is 431 g/mol. The number of nitrogens with zero attached hydrogens (tertiary/aromatic N) is 4. The van der Waals surface area contributed by atoms with Gasteiger partial charge in [0.25, 0.3) is 11.8 Å². The molecular formula is C24H25N5O3. The Labute approximate surface area is 186 Å². The van der Waals surface area contributed by atoms with Gasteiger partial charge in [0.1, 0.15) is 5.82 Å². The Morgan fingerprint density at radius 1 is 1.03 bits per heavy atom. The number of nitrogens with one attached hydrogen (secondary N) is 1. The van der Waals surface area contributed by atoms with Gasteiger partial charge < -0.3 is 5.32 Å². The molecule has 0 radical (unpaired) electrons. The molecule has 0 bridgehead atoms.